The predicted octanol–water partition coefficient (Wildman–Crippen LogP) is 1.63. The summed E-state index contributed by atoms with van der Waals surface area (Å²) in [5.74, 6) is 0. The van der Waals surface area contributed by atoms with Crippen LogP contribution in [0.25, 0.3) is 0 Å². The molecule has 0 aliphatic carbocycles. The van der Waals surface area contributed by atoms with Crippen molar-refractivity contribution in [1.82, 2.24) is 0 Å². The molecule has 0 saturated heterocycles. The van der Waals surface area contributed by atoms with Crippen LogP contribution in [0.15, 0.2) is 23.1 Å². The van der Waals surface area contributed by atoms with Gasteiger partial charge < -0.3 is 0 Å². The molecule has 0 aliphatic rings. The van der Waals surface area contributed by atoms with Gasteiger partial charge in [-0.3, -0.25) is 20.2 Å². The number of halogens is 1. The Morgan fingerprint density at radius 1 is 1.12 bits per heavy atom. The summed E-state index contributed by atoms with van der Waals surface area (Å²) in [5.41, 5.74) is -1.33. The topological polar surface area (TPSA) is 120 Å². The maximum Gasteiger partial charge on any atom is 0.295 e. The molecule has 8 nitrogen and oxygen atoms in total. The Hall–Kier alpha value is -1.30. The van der Waals surface area contributed by atoms with Crippen molar-refractivity contribution in [2.75, 3.05) is 0 Å². The van der Waals surface area contributed by atoms with Gasteiger partial charge in [-0.15, -0.1) is 0 Å². The molecule has 1 aromatic rings. The molecule has 0 spiro atoms. The smallest absolute Gasteiger partial charge is 0.258 e. The standard InChI is InChI=1S/C6H3IN2O6S/c7-16(14,15)6-2-1-4(8(10)11)3-5(6)9(12)13/h1-3H. The number of non-ortho nitro benzene ring substituents is 1. The number of hydrogen-bond acceptors (Lipinski definition) is 6. The first kappa shape index (κ1) is 12.8. The maximum absolute atomic E-state index is 11.2. The van der Waals surface area contributed by atoms with Crippen LogP contribution in [0.2, 0.25) is 0 Å². The summed E-state index contributed by atoms with van der Waals surface area (Å²) in [4.78, 5) is 18.6. The van der Waals surface area contributed by atoms with Crippen LogP contribution in [0.4, 0.5) is 11.4 Å². The second kappa shape index (κ2) is 4.29. The lowest BCUT2D eigenvalue weighted by atomic mass is 10.3. The fraction of sp³-hybridized carbons (Fsp3) is 0. The summed E-state index contributed by atoms with van der Waals surface area (Å²) in [6.45, 7) is 0. The quantitative estimate of drug-likeness (QED) is 0.350. The predicted molar refractivity (Wildman–Crippen MR) is 61.0 cm³/mol. The highest BCUT2D eigenvalue weighted by Crippen LogP contribution is 2.31. The van der Waals surface area contributed by atoms with Crippen molar-refractivity contribution < 1.29 is 18.3 Å². The van der Waals surface area contributed by atoms with Crippen LogP contribution in [0.5, 0.6) is 0 Å². The fourth-order valence-electron chi connectivity index (χ4n) is 0.968. The molecule has 10 heteroatoms. The number of hydrogen-bond donors (Lipinski definition) is 0. The zero-order chi connectivity index (χ0) is 12.5. The van der Waals surface area contributed by atoms with Gasteiger partial charge in [-0.1, -0.05) is 0 Å². The number of nitro groups is 2. The lowest BCUT2D eigenvalue weighted by molar-refractivity contribution is -0.396. The molecule has 0 aliphatic heterocycles. The van der Waals surface area contributed by atoms with Crippen molar-refractivity contribution in [1.29, 1.82) is 0 Å². The van der Waals surface area contributed by atoms with Crippen molar-refractivity contribution >= 4 is 39.6 Å². The number of rotatable bonds is 3. The monoisotopic (exact) mass is 358 g/mol. The van der Waals surface area contributed by atoms with Gasteiger partial charge in [0.2, 0.25) is 7.01 Å². The molecule has 0 bridgehead atoms. The van der Waals surface area contributed by atoms with Crippen LogP contribution in [0, 0.1) is 20.2 Å². The molecule has 0 saturated carbocycles. The number of nitro benzene ring substituents is 2. The van der Waals surface area contributed by atoms with E-state index >= 15 is 0 Å². The molecule has 0 unspecified atom stereocenters. The average Bonchev–Trinajstić information content (AvgIpc) is 2.15. The second-order valence-corrected chi connectivity index (χ2v) is 7.40. The van der Waals surface area contributed by atoms with Crippen LogP contribution < -0.4 is 0 Å². The van der Waals surface area contributed by atoms with E-state index in [1.54, 1.807) is 0 Å². The zero-order valence-electron chi connectivity index (χ0n) is 7.36. The van der Waals surface area contributed by atoms with E-state index < -0.39 is 33.1 Å². The highest BCUT2D eigenvalue weighted by molar-refractivity contribution is 14.2. The minimum absolute atomic E-state index is 0.532. The Kier molecular flexibility index (Phi) is 3.42. The molecular weight excluding hydrogens is 355 g/mol. The molecule has 1 rings (SSSR count). The van der Waals surface area contributed by atoms with Crippen molar-refractivity contribution in [2.24, 2.45) is 0 Å². The molecule has 86 valence electrons. The number of benzene rings is 1. The van der Waals surface area contributed by atoms with Gasteiger partial charge in [0.05, 0.1) is 37.1 Å². The molecular formula is C6H3IN2O6S. The van der Waals surface area contributed by atoms with Gasteiger partial charge in [-0.05, 0) is 6.07 Å². The summed E-state index contributed by atoms with van der Waals surface area (Å²) < 4.78 is 22.3. The van der Waals surface area contributed by atoms with Gasteiger partial charge in [0.25, 0.3) is 11.4 Å². The van der Waals surface area contributed by atoms with Crippen LogP contribution in [0.1, 0.15) is 0 Å². The van der Waals surface area contributed by atoms with Crippen LogP contribution >= 0.6 is 21.2 Å². The maximum atomic E-state index is 11.2. The van der Waals surface area contributed by atoms with E-state index in [2.05, 4.69) is 0 Å². The molecule has 0 aromatic heterocycles. The van der Waals surface area contributed by atoms with E-state index in [0.29, 0.717) is 6.07 Å². The van der Waals surface area contributed by atoms with E-state index in [1.807, 2.05) is 0 Å². The van der Waals surface area contributed by atoms with E-state index in [4.69, 9.17) is 0 Å². The van der Waals surface area contributed by atoms with E-state index in [0.717, 1.165) is 33.3 Å². The third kappa shape index (κ3) is 2.63. The van der Waals surface area contributed by atoms with E-state index in [1.165, 1.54) is 0 Å². The van der Waals surface area contributed by atoms with Crippen LogP contribution in [-0.2, 0) is 7.01 Å². The third-order valence-corrected chi connectivity index (χ3v) is 3.91. The lowest BCUT2D eigenvalue weighted by Gasteiger charge is -1.98. The highest BCUT2D eigenvalue weighted by atomic mass is 127. The van der Waals surface area contributed by atoms with Gasteiger partial charge in [-0.25, -0.2) is 8.42 Å². The zero-order valence-corrected chi connectivity index (χ0v) is 10.3. The van der Waals surface area contributed by atoms with Gasteiger partial charge >= 0.3 is 0 Å². The van der Waals surface area contributed by atoms with Crippen molar-refractivity contribution in [3.8, 4) is 0 Å². The van der Waals surface area contributed by atoms with Crippen molar-refractivity contribution in [3.05, 3.63) is 38.4 Å². The Balaban J connectivity index is 3.55. The first-order chi connectivity index (χ1) is 7.23. The van der Waals surface area contributed by atoms with Gasteiger partial charge in [0.1, 0.15) is 0 Å². The average molecular weight is 358 g/mol. The highest BCUT2D eigenvalue weighted by Gasteiger charge is 2.26. The van der Waals surface area contributed by atoms with Gasteiger partial charge in [-0.2, -0.15) is 0 Å². The Morgan fingerprint density at radius 3 is 2.06 bits per heavy atom. The Bertz CT molecular complexity index is 568. The molecule has 16 heavy (non-hydrogen) atoms. The Labute approximate surface area is 101 Å². The first-order valence-corrected chi connectivity index (χ1v) is 7.63. The fourth-order valence-corrected chi connectivity index (χ4v) is 2.70. The summed E-state index contributed by atoms with van der Waals surface area (Å²) >= 11 is 1.03. The summed E-state index contributed by atoms with van der Waals surface area (Å²) in [6, 6.07) is 2.36. The summed E-state index contributed by atoms with van der Waals surface area (Å²) in [6.07, 6.45) is 0. The largest absolute Gasteiger partial charge is 0.295 e. The molecule has 0 N–H and O–H groups in total. The lowest BCUT2D eigenvalue weighted by Crippen LogP contribution is -1.99. The minimum atomic E-state index is -3.82. The van der Waals surface area contributed by atoms with Crippen LogP contribution in [-0.4, -0.2) is 18.3 Å². The summed E-state index contributed by atoms with van der Waals surface area (Å²) in [7, 11) is -3.82. The molecule has 0 fully saturated rings. The van der Waals surface area contributed by atoms with E-state index in [-0.39, 0.29) is 0 Å². The van der Waals surface area contributed by atoms with E-state index in [9.17, 15) is 28.6 Å². The Morgan fingerprint density at radius 2 is 1.69 bits per heavy atom. The SMILES string of the molecule is O=[N+]([O-])c1ccc(S(=O)(=O)I)c([N+](=O)[O-])c1. The minimum Gasteiger partial charge on any atom is -0.258 e. The molecule has 0 radical (unpaired) electrons. The molecule has 0 amide bonds. The molecule has 1 aromatic carbocycles. The van der Waals surface area contributed by atoms with Crippen molar-refractivity contribution in [3.63, 3.8) is 0 Å². The normalized spacial score (nSPS) is 11.1. The second-order valence-electron chi connectivity index (χ2n) is 2.60. The van der Waals surface area contributed by atoms with Gasteiger partial charge in [0, 0.05) is 6.07 Å². The first-order valence-electron chi connectivity index (χ1n) is 3.61. The van der Waals surface area contributed by atoms with Crippen LogP contribution in [0.3, 0.4) is 0 Å². The third-order valence-electron chi connectivity index (χ3n) is 1.61. The molecule has 0 atom stereocenters. The van der Waals surface area contributed by atoms with Crippen molar-refractivity contribution in [2.45, 2.75) is 4.90 Å². The molecule has 0 heterocycles. The number of nitrogens with zero attached hydrogens (tertiary/aromatic N) is 2. The summed E-state index contributed by atoms with van der Waals surface area (Å²) in [5, 5.41) is 20.9. The van der Waals surface area contributed by atoms with Gasteiger partial charge in [0.15, 0.2) is 4.90 Å².